The average Bonchev–Trinajstić information content (AvgIpc) is 2.90. The molecule has 5 nitrogen and oxygen atoms in total. The van der Waals surface area contributed by atoms with Crippen molar-refractivity contribution < 1.29 is 4.74 Å². The van der Waals surface area contributed by atoms with Crippen molar-refractivity contribution in [2.45, 2.75) is 26.8 Å². The van der Waals surface area contributed by atoms with Crippen LogP contribution in [0.25, 0.3) is 0 Å². The summed E-state index contributed by atoms with van der Waals surface area (Å²) in [6.07, 6.45) is 4.87. The van der Waals surface area contributed by atoms with E-state index in [1.165, 1.54) is 0 Å². The van der Waals surface area contributed by atoms with Gasteiger partial charge < -0.3 is 4.74 Å². The van der Waals surface area contributed by atoms with Gasteiger partial charge in [0, 0.05) is 25.6 Å². The van der Waals surface area contributed by atoms with Crippen LogP contribution in [-0.2, 0) is 11.3 Å². The Morgan fingerprint density at radius 1 is 1.65 bits per heavy atom. The summed E-state index contributed by atoms with van der Waals surface area (Å²) in [5.41, 5.74) is 0.838. The quantitative estimate of drug-likeness (QED) is 0.726. The molecule has 94 valence electrons. The maximum atomic E-state index is 5.34. The van der Waals surface area contributed by atoms with E-state index < -0.39 is 0 Å². The Bertz CT molecular complexity index is 366. The minimum absolute atomic E-state index is 0.580. The highest BCUT2D eigenvalue weighted by atomic mass is 16.5. The molecule has 0 amide bonds. The second-order valence-corrected chi connectivity index (χ2v) is 4.98. The zero-order chi connectivity index (χ0) is 12.1. The van der Waals surface area contributed by atoms with Crippen LogP contribution in [0.3, 0.4) is 0 Å². The standard InChI is InChI=1S/C12H20N4O/c1-10(2)5-13-6-12-8-16(15-14-12)7-11-3-4-17-9-11/h6,8,10-11H,3-5,7,9H2,1-2H3. The lowest BCUT2D eigenvalue weighted by Crippen LogP contribution is -2.11. The van der Waals surface area contributed by atoms with Crippen LogP contribution in [0.1, 0.15) is 26.0 Å². The van der Waals surface area contributed by atoms with Crippen molar-refractivity contribution >= 4 is 6.21 Å². The summed E-state index contributed by atoms with van der Waals surface area (Å²) in [5.74, 6) is 1.16. The SMILES string of the molecule is CC(C)CN=Cc1cn(CC2CCOC2)nn1. The van der Waals surface area contributed by atoms with Gasteiger partial charge in [0.1, 0.15) is 5.69 Å². The Morgan fingerprint density at radius 3 is 3.24 bits per heavy atom. The minimum Gasteiger partial charge on any atom is -0.381 e. The highest BCUT2D eigenvalue weighted by Gasteiger charge is 2.16. The molecular formula is C12H20N4O. The van der Waals surface area contributed by atoms with Gasteiger partial charge in [0.25, 0.3) is 0 Å². The molecule has 1 aromatic rings. The summed E-state index contributed by atoms with van der Waals surface area (Å²) in [6, 6.07) is 0. The van der Waals surface area contributed by atoms with Crippen molar-refractivity contribution in [2.75, 3.05) is 19.8 Å². The Kier molecular flexibility index (Phi) is 4.25. The molecule has 0 saturated carbocycles. The first kappa shape index (κ1) is 12.2. The van der Waals surface area contributed by atoms with Crippen LogP contribution in [0.4, 0.5) is 0 Å². The molecule has 2 heterocycles. The Labute approximate surface area is 102 Å². The summed E-state index contributed by atoms with van der Waals surface area (Å²) in [6.45, 7) is 7.75. The molecule has 1 fully saturated rings. The number of nitrogens with zero attached hydrogens (tertiary/aromatic N) is 4. The van der Waals surface area contributed by atoms with Gasteiger partial charge in [-0.3, -0.25) is 9.67 Å². The highest BCUT2D eigenvalue weighted by Crippen LogP contribution is 2.13. The van der Waals surface area contributed by atoms with Crippen LogP contribution in [0.2, 0.25) is 0 Å². The first-order valence-corrected chi connectivity index (χ1v) is 6.21. The predicted molar refractivity (Wildman–Crippen MR) is 66.2 cm³/mol. The van der Waals surface area contributed by atoms with Gasteiger partial charge >= 0.3 is 0 Å². The largest absolute Gasteiger partial charge is 0.381 e. The van der Waals surface area contributed by atoms with E-state index >= 15 is 0 Å². The number of ether oxygens (including phenoxy) is 1. The third kappa shape index (κ3) is 3.93. The van der Waals surface area contributed by atoms with Crippen molar-refractivity contribution in [3.05, 3.63) is 11.9 Å². The molecule has 1 atom stereocenters. The predicted octanol–water partition coefficient (Wildman–Crippen LogP) is 1.39. The molecule has 5 heteroatoms. The molecule has 0 bridgehead atoms. The number of rotatable bonds is 5. The van der Waals surface area contributed by atoms with Crippen LogP contribution < -0.4 is 0 Å². The maximum absolute atomic E-state index is 5.34. The second-order valence-electron chi connectivity index (χ2n) is 4.98. The van der Waals surface area contributed by atoms with E-state index in [1.807, 2.05) is 10.9 Å². The molecule has 2 rings (SSSR count). The Morgan fingerprint density at radius 2 is 2.53 bits per heavy atom. The monoisotopic (exact) mass is 236 g/mol. The molecular weight excluding hydrogens is 216 g/mol. The molecule has 1 aliphatic rings. The molecule has 1 unspecified atom stereocenters. The number of aliphatic imine (C=N–C) groups is 1. The lowest BCUT2D eigenvalue weighted by atomic mass is 10.1. The highest BCUT2D eigenvalue weighted by molar-refractivity contribution is 5.76. The number of hydrogen-bond acceptors (Lipinski definition) is 4. The molecule has 0 radical (unpaired) electrons. The first-order chi connectivity index (χ1) is 8.24. The smallest absolute Gasteiger partial charge is 0.123 e. The summed E-state index contributed by atoms with van der Waals surface area (Å²) in [7, 11) is 0. The molecule has 0 aromatic carbocycles. The molecule has 1 aliphatic heterocycles. The second kappa shape index (κ2) is 5.91. The van der Waals surface area contributed by atoms with Crippen LogP contribution in [-0.4, -0.2) is 41.0 Å². The van der Waals surface area contributed by atoms with Crippen LogP contribution in [0, 0.1) is 11.8 Å². The molecule has 1 aromatic heterocycles. The Balaban J connectivity index is 1.84. The lowest BCUT2D eigenvalue weighted by Gasteiger charge is -2.05. The number of aromatic nitrogens is 3. The molecule has 0 spiro atoms. The topological polar surface area (TPSA) is 52.3 Å². The fourth-order valence-corrected chi connectivity index (χ4v) is 1.81. The van der Waals surface area contributed by atoms with E-state index in [1.54, 1.807) is 6.21 Å². The van der Waals surface area contributed by atoms with Gasteiger partial charge in [-0.25, -0.2) is 0 Å². The van der Waals surface area contributed by atoms with Gasteiger partial charge in [0.05, 0.1) is 19.0 Å². The van der Waals surface area contributed by atoms with E-state index in [9.17, 15) is 0 Å². The summed E-state index contributed by atoms with van der Waals surface area (Å²) in [4.78, 5) is 4.32. The van der Waals surface area contributed by atoms with Crippen LogP contribution >= 0.6 is 0 Å². The van der Waals surface area contributed by atoms with E-state index in [0.717, 1.165) is 38.4 Å². The van der Waals surface area contributed by atoms with Crippen molar-refractivity contribution in [2.24, 2.45) is 16.8 Å². The van der Waals surface area contributed by atoms with Crippen molar-refractivity contribution in [1.29, 1.82) is 0 Å². The molecule has 0 aliphatic carbocycles. The van der Waals surface area contributed by atoms with Gasteiger partial charge in [-0.05, 0) is 12.3 Å². The van der Waals surface area contributed by atoms with E-state index in [2.05, 4.69) is 29.2 Å². The van der Waals surface area contributed by atoms with Crippen LogP contribution in [0.15, 0.2) is 11.2 Å². The fourth-order valence-electron chi connectivity index (χ4n) is 1.81. The summed E-state index contributed by atoms with van der Waals surface area (Å²) >= 11 is 0. The average molecular weight is 236 g/mol. The van der Waals surface area contributed by atoms with E-state index in [-0.39, 0.29) is 0 Å². The first-order valence-electron chi connectivity index (χ1n) is 6.21. The molecule has 0 N–H and O–H groups in total. The van der Waals surface area contributed by atoms with Gasteiger partial charge in [-0.15, -0.1) is 5.10 Å². The minimum atomic E-state index is 0.580. The normalized spacial score (nSPS) is 20.8. The van der Waals surface area contributed by atoms with Crippen molar-refractivity contribution in [3.8, 4) is 0 Å². The molecule has 17 heavy (non-hydrogen) atoms. The maximum Gasteiger partial charge on any atom is 0.123 e. The lowest BCUT2D eigenvalue weighted by molar-refractivity contribution is 0.181. The van der Waals surface area contributed by atoms with Gasteiger partial charge in [-0.1, -0.05) is 19.1 Å². The molecule has 1 saturated heterocycles. The van der Waals surface area contributed by atoms with Crippen LogP contribution in [0.5, 0.6) is 0 Å². The van der Waals surface area contributed by atoms with Crippen molar-refractivity contribution in [1.82, 2.24) is 15.0 Å². The van der Waals surface area contributed by atoms with Gasteiger partial charge in [0.15, 0.2) is 0 Å². The van der Waals surface area contributed by atoms with E-state index in [0.29, 0.717) is 11.8 Å². The Hall–Kier alpha value is -1.23. The van der Waals surface area contributed by atoms with Gasteiger partial charge in [0.2, 0.25) is 0 Å². The summed E-state index contributed by atoms with van der Waals surface area (Å²) in [5, 5.41) is 8.18. The third-order valence-electron chi connectivity index (χ3n) is 2.72. The van der Waals surface area contributed by atoms with Crippen molar-refractivity contribution in [3.63, 3.8) is 0 Å². The van der Waals surface area contributed by atoms with Gasteiger partial charge in [-0.2, -0.15) is 0 Å². The number of hydrogen-bond donors (Lipinski definition) is 0. The summed E-state index contributed by atoms with van der Waals surface area (Å²) < 4.78 is 7.22. The van der Waals surface area contributed by atoms with E-state index in [4.69, 9.17) is 4.74 Å². The zero-order valence-electron chi connectivity index (χ0n) is 10.5. The fraction of sp³-hybridized carbons (Fsp3) is 0.750. The third-order valence-corrected chi connectivity index (χ3v) is 2.72. The zero-order valence-corrected chi connectivity index (χ0v) is 10.5.